The Morgan fingerprint density at radius 3 is 2.67 bits per heavy atom. The minimum Gasteiger partial charge on any atom is -0.253 e. The SMILES string of the molecule is Cc1ccc(C2=NN3C(=NC2)SN=C3C(F)(F)F)c(C)c1. The lowest BCUT2D eigenvalue weighted by molar-refractivity contribution is -0.0654. The molecule has 0 amide bonds. The molecule has 110 valence electrons. The molecule has 0 unspecified atom stereocenters. The van der Waals surface area contributed by atoms with Gasteiger partial charge < -0.3 is 0 Å². The Bertz CT molecular complexity index is 691. The number of amidine groups is 2. The fourth-order valence-corrected chi connectivity index (χ4v) is 2.86. The fraction of sp³-hybridized carbons (Fsp3) is 0.308. The second kappa shape index (κ2) is 4.87. The van der Waals surface area contributed by atoms with Crippen LogP contribution in [-0.2, 0) is 0 Å². The van der Waals surface area contributed by atoms with Crippen molar-refractivity contribution < 1.29 is 13.2 Å². The molecular weight excluding hydrogens is 301 g/mol. The van der Waals surface area contributed by atoms with Gasteiger partial charge in [-0.05, 0) is 19.4 Å². The molecule has 0 saturated heterocycles. The third kappa shape index (κ3) is 2.55. The van der Waals surface area contributed by atoms with Crippen molar-refractivity contribution in [3.05, 3.63) is 34.9 Å². The van der Waals surface area contributed by atoms with E-state index in [4.69, 9.17) is 0 Å². The molecule has 0 spiro atoms. The van der Waals surface area contributed by atoms with E-state index in [1.165, 1.54) is 0 Å². The van der Waals surface area contributed by atoms with Crippen LogP contribution in [0.4, 0.5) is 13.2 Å². The van der Waals surface area contributed by atoms with Crippen molar-refractivity contribution in [2.75, 3.05) is 6.54 Å². The monoisotopic (exact) mass is 312 g/mol. The summed E-state index contributed by atoms with van der Waals surface area (Å²) in [4.78, 5) is 4.14. The van der Waals surface area contributed by atoms with Crippen LogP contribution in [0.1, 0.15) is 16.7 Å². The van der Waals surface area contributed by atoms with Gasteiger partial charge in [0, 0.05) is 5.56 Å². The summed E-state index contributed by atoms with van der Waals surface area (Å²) in [5.41, 5.74) is 3.37. The van der Waals surface area contributed by atoms with Crippen LogP contribution >= 0.6 is 11.9 Å². The molecule has 2 aliphatic heterocycles. The smallest absolute Gasteiger partial charge is 0.253 e. The number of rotatable bonds is 1. The highest BCUT2D eigenvalue weighted by molar-refractivity contribution is 8.13. The van der Waals surface area contributed by atoms with E-state index in [-0.39, 0.29) is 11.7 Å². The summed E-state index contributed by atoms with van der Waals surface area (Å²) in [6.07, 6.45) is -4.54. The number of aliphatic imine (C=N–C) groups is 1. The number of benzene rings is 1. The van der Waals surface area contributed by atoms with Gasteiger partial charge in [0.2, 0.25) is 11.0 Å². The predicted molar refractivity (Wildman–Crippen MR) is 77.7 cm³/mol. The molecule has 8 heteroatoms. The van der Waals surface area contributed by atoms with E-state index in [9.17, 15) is 13.2 Å². The van der Waals surface area contributed by atoms with E-state index in [2.05, 4.69) is 14.5 Å². The third-order valence-corrected chi connectivity index (χ3v) is 3.86. The van der Waals surface area contributed by atoms with Gasteiger partial charge in [-0.3, -0.25) is 4.99 Å². The second-order valence-electron chi connectivity index (χ2n) is 4.78. The molecule has 2 heterocycles. The van der Waals surface area contributed by atoms with Gasteiger partial charge in [-0.15, -0.1) is 0 Å². The van der Waals surface area contributed by atoms with Crippen LogP contribution in [0.15, 0.2) is 32.7 Å². The van der Waals surface area contributed by atoms with Crippen molar-refractivity contribution in [1.82, 2.24) is 5.01 Å². The normalized spacial score (nSPS) is 18.1. The molecule has 0 radical (unpaired) electrons. The topological polar surface area (TPSA) is 40.3 Å². The van der Waals surface area contributed by atoms with Crippen molar-refractivity contribution in [2.45, 2.75) is 20.0 Å². The predicted octanol–water partition coefficient (Wildman–Crippen LogP) is 3.30. The molecule has 0 aliphatic carbocycles. The Labute approximate surface area is 123 Å². The summed E-state index contributed by atoms with van der Waals surface area (Å²) < 4.78 is 42.1. The molecule has 0 atom stereocenters. The number of nitrogens with zero attached hydrogens (tertiary/aromatic N) is 4. The first-order valence-corrected chi connectivity index (χ1v) is 6.95. The molecule has 0 fully saturated rings. The lowest BCUT2D eigenvalue weighted by Crippen LogP contribution is -2.40. The average Bonchev–Trinajstić information content (AvgIpc) is 2.81. The summed E-state index contributed by atoms with van der Waals surface area (Å²) >= 11 is 0.702. The Balaban J connectivity index is 1.98. The molecular formula is C13H11F3N4S. The van der Waals surface area contributed by atoms with Gasteiger partial charge >= 0.3 is 6.18 Å². The second-order valence-corrected chi connectivity index (χ2v) is 5.51. The average molecular weight is 312 g/mol. The fourth-order valence-electron chi connectivity index (χ4n) is 2.18. The van der Waals surface area contributed by atoms with Crippen molar-refractivity contribution in [1.29, 1.82) is 0 Å². The highest BCUT2D eigenvalue weighted by atomic mass is 32.2. The maximum absolute atomic E-state index is 12.9. The van der Waals surface area contributed by atoms with Crippen molar-refractivity contribution in [3.8, 4) is 0 Å². The number of hydrazone groups is 1. The molecule has 21 heavy (non-hydrogen) atoms. The maximum atomic E-state index is 12.9. The number of alkyl halides is 3. The standard InChI is InChI=1S/C13H11F3N4S/c1-7-3-4-9(8(2)5-7)10-6-17-12-20(18-10)11(19-21-12)13(14,15)16/h3-5H,6H2,1-2H3. The van der Waals surface area contributed by atoms with E-state index >= 15 is 0 Å². The van der Waals surface area contributed by atoms with Crippen molar-refractivity contribution in [2.24, 2.45) is 14.5 Å². The zero-order valence-electron chi connectivity index (χ0n) is 11.3. The highest BCUT2D eigenvalue weighted by Crippen LogP contribution is 2.32. The number of halogens is 3. The Morgan fingerprint density at radius 1 is 1.24 bits per heavy atom. The van der Waals surface area contributed by atoms with E-state index in [1.54, 1.807) is 0 Å². The Morgan fingerprint density at radius 2 is 2.00 bits per heavy atom. The van der Waals surface area contributed by atoms with Gasteiger partial charge in [0.15, 0.2) is 0 Å². The molecule has 2 aliphatic rings. The molecule has 1 aromatic carbocycles. The number of hydrogen-bond acceptors (Lipinski definition) is 5. The molecule has 3 rings (SSSR count). The van der Waals surface area contributed by atoms with Gasteiger partial charge in [-0.1, -0.05) is 23.8 Å². The van der Waals surface area contributed by atoms with E-state index in [0.717, 1.165) is 21.7 Å². The first-order valence-electron chi connectivity index (χ1n) is 6.18. The largest absolute Gasteiger partial charge is 0.452 e. The zero-order valence-corrected chi connectivity index (χ0v) is 12.1. The zero-order chi connectivity index (χ0) is 15.2. The van der Waals surface area contributed by atoms with Crippen LogP contribution in [0.3, 0.4) is 0 Å². The number of aryl methyl sites for hydroxylation is 2. The Hall–Kier alpha value is -1.83. The molecule has 0 bridgehead atoms. The van der Waals surface area contributed by atoms with Crippen LogP contribution in [-0.4, -0.2) is 34.4 Å². The molecule has 0 aromatic heterocycles. The minimum absolute atomic E-state index is 0.163. The Kier molecular flexibility index (Phi) is 3.27. The van der Waals surface area contributed by atoms with Gasteiger partial charge in [-0.25, -0.2) is 0 Å². The van der Waals surface area contributed by atoms with Crippen LogP contribution < -0.4 is 0 Å². The summed E-state index contributed by atoms with van der Waals surface area (Å²) in [6, 6.07) is 5.73. The molecule has 4 nitrogen and oxygen atoms in total. The lowest BCUT2D eigenvalue weighted by atomic mass is 10.0. The number of hydrogen-bond donors (Lipinski definition) is 0. The third-order valence-electron chi connectivity index (χ3n) is 3.13. The molecule has 0 N–H and O–H groups in total. The van der Waals surface area contributed by atoms with Gasteiger partial charge in [0.05, 0.1) is 24.2 Å². The summed E-state index contributed by atoms with van der Waals surface area (Å²) in [5.74, 6) is -1.03. The van der Waals surface area contributed by atoms with E-state index in [0.29, 0.717) is 17.7 Å². The van der Waals surface area contributed by atoms with Crippen molar-refractivity contribution >= 4 is 28.7 Å². The molecule has 0 saturated carbocycles. The highest BCUT2D eigenvalue weighted by Gasteiger charge is 2.46. The quantitative estimate of drug-likeness (QED) is 0.747. The molecule has 1 aromatic rings. The van der Waals surface area contributed by atoms with Gasteiger partial charge in [0.1, 0.15) is 0 Å². The minimum atomic E-state index is -4.54. The van der Waals surface area contributed by atoms with Crippen LogP contribution in [0.5, 0.6) is 0 Å². The van der Waals surface area contributed by atoms with Crippen molar-refractivity contribution in [3.63, 3.8) is 0 Å². The summed E-state index contributed by atoms with van der Waals surface area (Å²) in [6.45, 7) is 4.12. The van der Waals surface area contributed by atoms with Gasteiger partial charge in [0.25, 0.3) is 0 Å². The van der Waals surface area contributed by atoms with Crippen LogP contribution in [0.2, 0.25) is 0 Å². The van der Waals surface area contributed by atoms with E-state index < -0.39 is 12.0 Å². The van der Waals surface area contributed by atoms with Gasteiger partial charge in [-0.2, -0.15) is 27.7 Å². The maximum Gasteiger partial charge on any atom is 0.452 e. The van der Waals surface area contributed by atoms with Crippen LogP contribution in [0.25, 0.3) is 0 Å². The summed E-state index contributed by atoms with van der Waals surface area (Å²) in [7, 11) is 0. The summed E-state index contributed by atoms with van der Waals surface area (Å²) in [5, 5.41) is 5.04. The van der Waals surface area contributed by atoms with Crippen LogP contribution in [0, 0.1) is 13.8 Å². The first-order chi connectivity index (χ1) is 9.86. The lowest BCUT2D eigenvalue weighted by Gasteiger charge is -2.21. The number of fused-ring (bicyclic) bond motifs is 1. The first kappa shape index (κ1) is 14.1. The van der Waals surface area contributed by atoms with E-state index in [1.807, 2.05) is 32.0 Å².